The van der Waals surface area contributed by atoms with Crippen LogP contribution in [0, 0.1) is 18.7 Å². The third-order valence-electron chi connectivity index (χ3n) is 7.22. The summed E-state index contributed by atoms with van der Waals surface area (Å²) in [6.07, 6.45) is 4.37. The van der Waals surface area contributed by atoms with Gasteiger partial charge in [-0.3, -0.25) is 4.98 Å². The Morgan fingerprint density at radius 2 is 1.95 bits per heavy atom. The lowest BCUT2D eigenvalue weighted by atomic mass is 10.0. The van der Waals surface area contributed by atoms with Crippen LogP contribution in [0.15, 0.2) is 24.4 Å². The number of pyridine rings is 1. The van der Waals surface area contributed by atoms with E-state index < -0.39 is 19.9 Å². The van der Waals surface area contributed by atoms with Crippen LogP contribution >= 0.6 is 0 Å². The van der Waals surface area contributed by atoms with E-state index >= 15 is 4.39 Å². The molecule has 212 valence electrons. The molecule has 1 fully saturated rings. The summed E-state index contributed by atoms with van der Waals surface area (Å²) < 4.78 is 40.3. The molecule has 4 rings (SSSR count). The number of hydrogen-bond donors (Lipinski definition) is 0. The summed E-state index contributed by atoms with van der Waals surface area (Å²) in [5.74, 6) is 0.242. The van der Waals surface area contributed by atoms with Crippen molar-refractivity contribution in [3.8, 4) is 22.6 Å². The number of halogens is 1. The molecular weight excluding hydrogens is 515 g/mol. The van der Waals surface area contributed by atoms with Gasteiger partial charge in [0.25, 0.3) is 0 Å². The zero-order chi connectivity index (χ0) is 28.3. The molecule has 0 bridgehead atoms. The Hall–Kier alpha value is -2.91. The Morgan fingerprint density at radius 1 is 1.21 bits per heavy atom. The van der Waals surface area contributed by atoms with Crippen LogP contribution in [-0.4, -0.2) is 50.0 Å². The predicted molar refractivity (Wildman–Crippen MR) is 154 cm³/mol. The summed E-state index contributed by atoms with van der Waals surface area (Å²) in [5.41, 5.74) is 3.54. The summed E-state index contributed by atoms with van der Waals surface area (Å²) in [4.78, 5) is 18.0. The van der Waals surface area contributed by atoms with Crippen molar-refractivity contribution in [3.63, 3.8) is 0 Å². The number of carbonyl (C=O) groups is 1. The molecule has 0 radical (unpaired) electrons. The minimum atomic E-state index is -1.29. The van der Waals surface area contributed by atoms with E-state index in [0.29, 0.717) is 64.7 Å². The Kier molecular flexibility index (Phi) is 9.01. The van der Waals surface area contributed by atoms with Gasteiger partial charge in [-0.15, -0.1) is 0 Å². The maximum absolute atomic E-state index is 15.1. The third-order valence-corrected chi connectivity index (χ3v) is 8.92. The van der Waals surface area contributed by atoms with E-state index in [1.54, 1.807) is 12.3 Å². The van der Waals surface area contributed by atoms with Crippen LogP contribution in [0.5, 0.6) is 11.5 Å². The molecule has 1 saturated carbocycles. The standard InChI is InChI=1S/C30H41FN2O5Si/c1-8-19(2)38-30(34)27-20(3)33(18-36-13-14-39(5,6)7)29-22(11-12-32-28(27)29)23-15-24(31)26(35-4)16-25(23)37-17-21-9-10-21/h11-12,15-16,19,21H,8-10,13-14,17-18H2,1-7H3. The van der Waals surface area contributed by atoms with Crippen molar-refractivity contribution in [3.05, 3.63) is 41.5 Å². The molecule has 2 heterocycles. The minimum absolute atomic E-state index is 0.119. The van der Waals surface area contributed by atoms with Gasteiger partial charge in [0.05, 0.1) is 25.3 Å². The Morgan fingerprint density at radius 3 is 2.59 bits per heavy atom. The van der Waals surface area contributed by atoms with Gasteiger partial charge in [0.15, 0.2) is 11.6 Å². The van der Waals surface area contributed by atoms with Gasteiger partial charge in [0, 0.05) is 43.8 Å². The van der Waals surface area contributed by atoms with E-state index in [2.05, 4.69) is 24.6 Å². The number of methoxy groups -OCH3 is 1. The summed E-state index contributed by atoms with van der Waals surface area (Å²) in [6.45, 7) is 14.0. The molecule has 3 aromatic rings. The van der Waals surface area contributed by atoms with Crippen molar-refractivity contribution in [1.29, 1.82) is 0 Å². The second-order valence-corrected chi connectivity index (χ2v) is 17.3. The maximum atomic E-state index is 15.1. The Bertz CT molecular complexity index is 1330. The summed E-state index contributed by atoms with van der Waals surface area (Å²) >= 11 is 0. The van der Waals surface area contributed by atoms with E-state index in [4.69, 9.17) is 18.9 Å². The number of aromatic nitrogens is 2. The van der Waals surface area contributed by atoms with Gasteiger partial charge in [-0.1, -0.05) is 26.6 Å². The molecule has 1 atom stereocenters. The molecule has 0 amide bonds. The molecule has 7 nitrogen and oxygen atoms in total. The van der Waals surface area contributed by atoms with Crippen molar-refractivity contribution in [1.82, 2.24) is 9.55 Å². The van der Waals surface area contributed by atoms with E-state index in [1.807, 2.05) is 31.4 Å². The van der Waals surface area contributed by atoms with Crippen LogP contribution in [0.4, 0.5) is 4.39 Å². The van der Waals surface area contributed by atoms with Crippen LogP contribution in [0.3, 0.4) is 0 Å². The first-order chi connectivity index (χ1) is 18.5. The number of nitrogens with zero attached hydrogens (tertiary/aromatic N) is 2. The molecular formula is C30H41FN2O5Si. The van der Waals surface area contributed by atoms with Gasteiger partial charge < -0.3 is 23.5 Å². The summed E-state index contributed by atoms with van der Waals surface area (Å²) in [7, 11) is 0.151. The highest BCUT2D eigenvalue weighted by molar-refractivity contribution is 6.76. The SMILES string of the molecule is CCC(C)OC(=O)c1c(C)n(COCC[Si](C)(C)C)c2c(-c3cc(F)c(OC)cc3OCC3CC3)ccnc12. The van der Waals surface area contributed by atoms with Crippen molar-refractivity contribution in [2.45, 2.75) is 78.6 Å². The fraction of sp³-hybridized carbons (Fsp3) is 0.533. The number of hydrogen-bond acceptors (Lipinski definition) is 6. The van der Waals surface area contributed by atoms with Gasteiger partial charge in [-0.2, -0.15) is 0 Å². The van der Waals surface area contributed by atoms with Crippen molar-refractivity contribution < 1.29 is 28.1 Å². The van der Waals surface area contributed by atoms with Crippen molar-refractivity contribution >= 4 is 25.1 Å². The molecule has 1 aliphatic carbocycles. The highest BCUT2D eigenvalue weighted by atomic mass is 28.3. The maximum Gasteiger partial charge on any atom is 0.342 e. The number of esters is 1. The number of benzene rings is 1. The molecule has 1 unspecified atom stereocenters. The van der Waals surface area contributed by atoms with Crippen LogP contribution < -0.4 is 9.47 Å². The average Bonchev–Trinajstić information content (AvgIpc) is 3.67. The molecule has 39 heavy (non-hydrogen) atoms. The fourth-order valence-electron chi connectivity index (χ4n) is 4.38. The van der Waals surface area contributed by atoms with Crippen LogP contribution in [0.1, 0.15) is 49.2 Å². The first-order valence-electron chi connectivity index (χ1n) is 13.8. The Labute approximate surface area is 231 Å². The van der Waals surface area contributed by atoms with E-state index in [1.165, 1.54) is 13.2 Å². The molecule has 0 saturated heterocycles. The molecule has 1 aromatic carbocycles. The number of ether oxygens (including phenoxy) is 4. The lowest BCUT2D eigenvalue weighted by Gasteiger charge is -2.18. The molecule has 9 heteroatoms. The van der Waals surface area contributed by atoms with Gasteiger partial charge >= 0.3 is 5.97 Å². The van der Waals surface area contributed by atoms with Crippen molar-refractivity contribution in [2.75, 3.05) is 20.3 Å². The lowest BCUT2D eigenvalue weighted by Crippen LogP contribution is -2.22. The van der Waals surface area contributed by atoms with Crippen LogP contribution in [0.2, 0.25) is 25.7 Å². The number of rotatable bonds is 13. The topological polar surface area (TPSA) is 71.8 Å². The molecule has 0 aliphatic heterocycles. The predicted octanol–water partition coefficient (Wildman–Crippen LogP) is 7.22. The third kappa shape index (κ3) is 6.81. The van der Waals surface area contributed by atoms with E-state index in [9.17, 15) is 4.79 Å². The first-order valence-corrected chi connectivity index (χ1v) is 17.5. The lowest BCUT2D eigenvalue weighted by molar-refractivity contribution is 0.0334. The van der Waals surface area contributed by atoms with Crippen LogP contribution in [-0.2, 0) is 16.2 Å². The van der Waals surface area contributed by atoms with Gasteiger partial charge in [0.2, 0.25) is 0 Å². The normalized spacial score (nSPS) is 14.5. The second-order valence-electron chi connectivity index (χ2n) is 11.7. The van der Waals surface area contributed by atoms with Crippen molar-refractivity contribution in [2.24, 2.45) is 5.92 Å². The van der Waals surface area contributed by atoms with E-state index in [0.717, 1.165) is 18.9 Å². The first kappa shape index (κ1) is 29.1. The molecule has 1 aliphatic rings. The monoisotopic (exact) mass is 556 g/mol. The van der Waals surface area contributed by atoms with Crippen LogP contribution in [0.25, 0.3) is 22.2 Å². The zero-order valence-corrected chi connectivity index (χ0v) is 25.2. The molecule has 0 N–H and O–H groups in total. The minimum Gasteiger partial charge on any atom is -0.494 e. The quantitative estimate of drug-likeness (QED) is 0.126. The fourth-order valence-corrected chi connectivity index (χ4v) is 5.14. The smallest absolute Gasteiger partial charge is 0.342 e. The largest absolute Gasteiger partial charge is 0.494 e. The summed E-state index contributed by atoms with van der Waals surface area (Å²) in [5, 5.41) is 0. The average molecular weight is 557 g/mol. The van der Waals surface area contributed by atoms with Gasteiger partial charge in [0.1, 0.15) is 23.6 Å². The Balaban J connectivity index is 1.86. The molecule has 0 spiro atoms. The summed E-state index contributed by atoms with van der Waals surface area (Å²) in [6, 6.07) is 5.88. The van der Waals surface area contributed by atoms with Gasteiger partial charge in [-0.05, 0) is 57.2 Å². The van der Waals surface area contributed by atoms with Gasteiger partial charge in [-0.25, -0.2) is 9.18 Å². The highest BCUT2D eigenvalue weighted by Gasteiger charge is 2.28. The zero-order valence-electron chi connectivity index (χ0n) is 24.2. The number of carbonyl (C=O) groups excluding carboxylic acids is 1. The number of fused-ring (bicyclic) bond motifs is 1. The highest BCUT2D eigenvalue weighted by Crippen LogP contribution is 2.41. The van der Waals surface area contributed by atoms with E-state index in [-0.39, 0.29) is 18.6 Å². The molecule has 2 aromatic heterocycles. The second kappa shape index (κ2) is 12.1.